The number of hydrogen-bond acceptors (Lipinski definition) is 3. The number of furan rings is 1. The molecule has 0 N–H and O–H groups in total. The molecule has 0 amide bonds. The van der Waals surface area contributed by atoms with Crippen LogP contribution in [0.2, 0.25) is 0 Å². The Balaban J connectivity index is 1.02. The minimum Gasteiger partial charge on any atom is -0.455 e. The summed E-state index contributed by atoms with van der Waals surface area (Å²) in [5.41, 5.74) is 20.7. The molecule has 0 atom stereocenters. The van der Waals surface area contributed by atoms with E-state index < -0.39 is 0 Å². The fourth-order valence-electron chi connectivity index (χ4n) is 11.7. The van der Waals surface area contributed by atoms with E-state index in [-0.39, 0.29) is 0 Å². The third-order valence-corrected chi connectivity index (χ3v) is 15.0. The Hall–Kier alpha value is -9.90. The zero-order valence-electron chi connectivity index (χ0n) is 40.2. The van der Waals surface area contributed by atoms with E-state index in [9.17, 15) is 0 Å². The lowest BCUT2D eigenvalue weighted by Crippen LogP contribution is -2.18. The SMILES string of the molecule is c1ccc(-c2ccc(N(c3ccc(-c4ccccc4)cc3)c3cccc(-c4cc5c(c6c4oc4c(-c7ccccc7)cccc46)c4c6ccccc6cc6c4n5-c4ccccc4N6c4ccccc4)c3)cc2)cc1. The number of nitrogens with zero attached hydrogens (tertiary/aromatic N) is 3. The van der Waals surface area contributed by atoms with E-state index in [0.717, 1.165) is 89.5 Å². The first-order chi connectivity index (χ1) is 36.7. The molecule has 0 unspecified atom stereocenters. The summed E-state index contributed by atoms with van der Waals surface area (Å²) >= 11 is 0. The van der Waals surface area contributed by atoms with Gasteiger partial charge in [0.2, 0.25) is 0 Å². The van der Waals surface area contributed by atoms with Gasteiger partial charge in [0.1, 0.15) is 11.2 Å². The Morgan fingerprint density at radius 3 is 1.53 bits per heavy atom. The van der Waals surface area contributed by atoms with Crippen LogP contribution in [0.1, 0.15) is 0 Å². The molecule has 0 bridgehead atoms. The van der Waals surface area contributed by atoms with Crippen molar-refractivity contribution in [1.29, 1.82) is 0 Å². The third kappa shape index (κ3) is 6.55. The molecule has 74 heavy (non-hydrogen) atoms. The van der Waals surface area contributed by atoms with Gasteiger partial charge in [-0.05, 0) is 117 Å². The smallest absolute Gasteiger partial charge is 0.144 e. The molecule has 0 spiro atoms. The van der Waals surface area contributed by atoms with Crippen LogP contribution in [-0.2, 0) is 0 Å². The van der Waals surface area contributed by atoms with Crippen LogP contribution in [0.25, 0.3) is 105 Å². The summed E-state index contributed by atoms with van der Waals surface area (Å²) in [5.74, 6) is 0. The van der Waals surface area contributed by atoms with Gasteiger partial charge in [-0.3, -0.25) is 0 Å². The lowest BCUT2D eigenvalue weighted by molar-refractivity contribution is 0.671. The van der Waals surface area contributed by atoms with Crippen LogP contribution in [0, 0.1) is 0 Å². The maximum absolute atomic E-state index is 7.49. The van der Waals surface area contributed by atoms with Gasteiger partial charge in [-0.1, -0.05) is 200 Å². The van der Waals surface area contributed by atoms with Crippen LogP contribution >= 0.6 is 0 Å². The summed E-state index contributed by atoms with van der Waals surface area (Å²) in [6, 6.07) is 98.7. The van der Waals surface area contributed by atoms with Gasteiger partial charge in [0.15, 0.2) is 0 Å². The standard InChI is InChI=1S/C70H45N3O/c1-5-19-46(20-6-1)48-35-39-54(40-36-48)71(55-41-37-49(38-42-55)47-21-7-2-8-22-47)56-29-17-26-51(43-56)60-45-63-67(66-59-32-18-31-58(69(59)74-70(60)66)50-23-9-3-10-24-50)65-57-30-14-13-25-52(57)44-64-68(65)73(63)62-34-16-15-33-61(62)72(64)53-27-11-4-12-28-53/h1-45H. The predicted octanol–water partition coefficient (Wildman–Crippen LogP) is 19.8. The Kier molecular flexibility index (Phi) is 9.54. The first-order valence-electron chi connectivity index (χ1n) is 25.3. The summed E-state index contributed by atoms with van der Waals surface area (Å²) in [6.45, 7) is 0. The van der Waals surface area contributed by atoms with Crippen molar-refractivity contribution >= 4 is 88.6 Å². The third-order valence-electron chi connectivity index (χ3n) is 15.0. The van der Waals surface area contributed by atoms with E-state index in [1.807, 2.05) is 0 Å². The number of benzene rings is 12. The molecular weight excluding hydrogens is 899 g/mol. The minimum absolute atomic E-state index is 0.861. The highest BCUT2D eigenvalue weighted by Crippen LogP contribution is 2.55. The van der Waals surface area contributed by atoms with Gasteiger partial charge in [-0.2, -0.15) is 0 Å². The van der Waals surface area contributed by atoms with Gasteiger partial charge < -0.3 is 18.8 Å². The van der Waals surface area contributed by atoms with Gasteiger partial charge in [0.25, 0.3) is 0 Å². The van der Waals surface area contributed by atoms with Gasteiger partial charge in [-0.25, -0.2) is 0 Å². The van der Waals surface area contributed by atoms with E-state index in [2.05, 4.69) is 287 Å². The second-order valence-corrected chi connectivity index (χ2v) is 19.2. The molecule has 15 rings (SSSR count). The second kappa shape index (κ2) is 16.9. The lowest BCUT2D eigenvalue weighted by Gasteiger charge is -2.33. The Labute approximate surface area is 428 Å². The molecule has 0 saturated heterocycles. The quantitative estimate of drug-likeness (QED) is 0.152. The Morgan fingerprint density at radius 2 is 0.851 bits per heavy atom. The van der Waals surface area contributed by atoms with E-state index >= 15 is 0 Å². The van der Waals surface area contributed by atoms with Crippen LogP contribution < -0.4 is 9.80 Å². The maximum Gasteiger partial charge on any atom is 0.144 e. The summed E-state index contributed by atoms with van der Waals surface area (Å²) in [5, 5.41) is 6.98. The average Bonchev–Trinajstić information content (AvgIpc) is 4.04. The number of aromatic nitrogens is 1. The van der Waals surface area contributed by atoms with Crippen LogP contribution in [0.15, 0.2) is 277 Å². The molecule has 1 aliphatic heterocycles. The summed E-state index contributed by atoms with van der Waals surface area (Å²) in [6.07, 6.45) is 0. The number of fused-ring (bicyclic) bond motifs is 11. The van der Waals surface area contributed by atoms with E-state index in [4.69, 9.17) is 4.42 Å². The molecule has 0 aliphatic carbocycles. The first kappa shape index (κ1) is 41.8. The fraction of sp³-hybridized carbons (Fsp3) is 0. The van der Waals surface area contributed by atoms with Crippen LogP contribution in [0.3, 0.4) is 0 Å². The highest BCUT2D eigenvalue weighted by Gasteiger charge is 2.32. The van der Waals surface area contributed by atoms with Crippen LogP contribution in [0.5, 0.6) is 0 Å². The second-order valence-electron chi connectivity index (χ2n) is 19.2. The molecule has 4 nitrogen and oxygen atoms in total. The van der Waals surface area contributed by atoms with Crippen LogP contribution in [-0.4, -0.2) is 4.57 Å². The molecule has 2 aromatic heterocycles. The van der Waals surface area contributed by atoms with Gasteiger partial charge in [-0.15, -0.1) is 0 Å². The van der Waals surface area contributed by atoms with Crippen molar-refractivity contribution in [2.45, 2.75) is 0 Å². The van der Waals surface area contributed by atoms with E-state index in [1.165, 1.54) is 49.3 Å². The van der Waals surface area contributed by atoms with Crippen molar-refractivity contribution < 1.29 is 4.42 Å². The first-order valence-corrected chi connectivity index (χ1v) is 25.3. The van der Waals surface area contributed by atoms with Crippen molar-refractivity contribution in [2.75, 3.05) is 9.80 Å². The minimum atomic E-state index is 0.861. The monoisotopic (exact) mass is 943 g/mol. The van der Waals surface area contributed by atoms with Gasteiger partial charge >= 0.3 is 0 Å². The molecular formula is C70H45N3O. The Bertz CT molecular complexity index is 4360. The number of anilines is 6. The molecule has 0 radical (unpaired) electrons. The maximum atomic E-state index is 7.49. The van der Waals surface area contributed by atoms with Crippen molar-refractivity contribution in [3.05, 3.63) is 273 Å². The molecule has 4 heteroatoms. The summed E-state index contributed by atoms with van der Waals surface area (Å²) < 4.78 is 10.0. The molecule has 0 saturated carbocycles. The topological polar surface area (TPSA) is 24.6 Å². The fourth-order valence-corrected chi connectivity index (χ4v) is 11.7. The molecule has 1 aliphatic rings. The average molecular weight is 944 g/mol. The van der Waals surface area contributed by atoms with Crippen LogP contribution in [0.4, 0.5) is 34.1 Å². The number of rotatable bonds is 8. The normalized spacial score (nSPS) is 12.0. The summed E-state index contributed by atoms with van der Waals surface area (Å²) in [4.78, 5) is 4.82. The zero-order valence-corrected chi connectivity index (χ0v) is 40.2. The molecule has 0 fully saturated rings. The number of hydrogen-bond donors (Lipinski definition) is 0. The Morgan fingerprint density at radius 1 is 0.311 bits per heavy atom. The van der Waals surface area contributed by atoms with Gasteiger partial charge in [0.05, 0.1) is 28.1 Å². The lowest BCUT2D eigenvalue weighted by atomic mass is 9.94. The highest BCUT2D eigenvalue weighted by atomic mass is 16.3. The molecule has 14 aromatic rings. The van der Waals surface area contributed by atoms with Crippen molar-refractivity contribution in [3.8, 4) is 50.2 Å². The van der Waals surface area contributed by atoms with Crippen molar-refractivity contribution in [3.63, 3.8) is 0 Å². The predicted molar refractivity (Wildman–Crippen MR) is 310 cm³/mol. The highest BCUT2D eigenvalue weighted by molar-refractivity contribution is 6.37. The molecule has 3 heterocycles. The number of para-hydroxylation sites is 4. The van der Waals surface area contributed by atoms with Crippen molar-refractivity contribution in [2.24, 2.45) is 0 Å². The molecule has 346 valence electrons. The summed E-state index contributed by atoms with van der Waals surface area (Å²) in [7, 11) is 0. The molecule has 12 aromatic carbocycles. The largest absolute Gasteiger partial charge is 0.455 e. The van der Waals surface area contributed by atoms with E-state index in [1.54, 1.807) is 0 Å². The van der Waals surface area contributed by atoms with E-state index in [0.29, 0.717) is 0 Å². The van der Waals surface area contributed by atoms with Crippen molar-refractivity contribution in [1.82, 2.24) is 4.57 Å². The van der Waals surface area contributed by atoms with Gasteiger partial charge in [0, 0.05) is 55.4 Å². The zero-order chi connectivity index (χ0) is 48.7.